The second kappa shape index (κ2) is 8.05. The number of pyridine rings is 1. The molecule has 0 N–H and O–H groups in total. The molecule has 1 fully saturated rings. The van der Waals surface area contributed by atoms with Crippen molar-refractivity contribution >= 4 is 5.91 Å². The summed E-state index contributed by atoms with van der Waals surface area (Å²) in [4.78, 5) is 19.9. The number of aromatic nitrogens is 1. The highest BCUT2D eigenvalue weighted by Crippen LogP contribution is 2.23. The number of hydrogen-bond donors (Lipinski definition) is 0. The van der Waals surface area contributed by atoms with E-state index in [0.717, 1.165) is 25.3 Å². The predicted molar refractivity (Wildman–Crippen MR) is 92.7 cm³/mol. The minimum atomic E-state index is -0.242. The summed E-state index contributed by atoms with van der Waals surface area (Å²) in [5.74, 6) is -0.0343. The fourth-order valence-electron chi connectivity index (χ4n) is 2.96. The van der Waals surface area contributed by atoms with Crippen molar-refractivity contribution in [2.24, 2.45) is 0 Å². The minimum absolute atomic E-state index is 0.0343. The van der Waals surface area contributed by atoms with Gasteiger partial charge in [0.05, 0.1) is 18.3 Å². The van der Waals surface area contributed by atoms with Crippen LogP contribution in [0.2, 0.25) is 0 Å². The Bertz CT molecular complexity index is 560. The van der Waals surface area contributed by atoms with Crippen LogP contribution in [0.15, 0.2) is 18.3 Å². The molecule has 2 rings (SSSR count). The number of hydrogen-bond acceptors (Lipinski definition) is 5. The molecule has 1 aromatic rings. The van der Waals surface area contributed by atoms with Crippen molar-refractivity contribution in [2.45, 2.75) is 39.0 Å². The second-order valence-corrected chi connectivity index (χ2v) is 7.22. The molecule has 6 heteroatoms. The van der Waals surface area contributed by atoms with Gasteiger partial charge in [-0.3, -0.25) is 14.7 Å². The van der Waals surface area contributed by atoms with E-state index in [-0.39, 0.29) is 24.2 Å². The highest BCUT2D eigenvalue weighted by atomic mass is 16.5. The summed E-state index contributed by atoms with van der Waals surface area (Å²) in [6.45, 7) is 9.22. The van der Waals surface area contributed by atoms with Crippen molar-refractivity contribution < 1.29 is 14.3 Å². The van der Waals surface area contributed by atoms with Crippen molar-refractivity contribution in [1.82, 2.24) is 14.8 Å². The van der Waals surface area contributed by atoms with Crippen LogP contribution in [0.4, 0.5) is 0 Å². The summed E-state index contributed by atoms with van der Waals surface area (Å²) in [7, 11) is 3.45. The standard InChI is InChI=1S/C18H29N3O3/c1-14-15(7-6-8-19-14)9-21-10-16(24-18(2,3)13-21)11-23-12-17(22)20(4)5/h6-8,16H,9-13H2,1-5H3/t16-/m1/s1. The molecule has 0 saturated carbocycles. The number of nitrogens with zero attached hydrogens (tertiary/aromatic N) is 3. The van der Waals surface area contributed by atoms with Gasteiger partial charge in [-0.25, -0.2) is 0 Å². The Kier molecular flexibility index (Phi) is 6.32. The summed E-state index contributed by atoms with van der Waals surface area (Å²) in [5.41, 5.74) is 2.05. The first-order valence-corrected chi connectivity index (χ1v) is 8.35. The van der Waals surface area contributed by atoms with Crippen LogP contribution >= 0.6 is 0 Å². The zero-order chi connectivity index (χ0) is 17.7. The molecule has 24 heavy (non-hydrogen) atoms. The maximum Gasteiger partial charge on any atom is 0.248 e. The number of aryl methyl sites for hydroxylation is 1. The first-order chi connectivity index (χ1) is 11.3. The van der Waals surface area contributed by atoms with Gasteiger partial charge in [0, 0.05) is 45.6 Å². The largest absolute Gasteiger partial charge is 0.369 e. The molecule has 0 unspecified atom stereocenters. The normalized spacial score (nSPS) is 20.8. The molecule has 1 atom stereocenters. The second-order valence-electron chi connectivity index (χ2n) is 7.22. The van der Waals surface area contributed by atoms with E-state index in [9.17, 15) is 4.79 Å². The van der Waals surface area contributed by atoms with Crippen LogP contribution in [0.5, 0.6) is 0 Å². The summed E-state index contributed by atoms with van der Waals surface area (Å²) in [6.07, 6.45) is 1.78. The lowest BCUT2D eigenvalue weighted by Gasteiger charge is -2.42. The van der Waals surface area contributed by atoms with Gasteiger partial charge in [0.25, 0.3) is 0 Å². The Morgan fingerprint density at radius 3 is 2.92 bits per heavy atom. The Labute approximate surface area is 144 Å². The van der Waals surface area contributed by atoms with E-state index in [4.69, 9.17) is 9.47 Å². The molecule has 6 nitrogen and oxygen atoms in total. The zero-order valence-corrected chi connectivity index (χ0v) is 15.4. The minimum Gasteiger partial charge on any atom is -0.369 e. The molecule has 0 bridgehead atoms. The summed E-state index contributed by atoms with van der Waals surface area (Å²) < 4.78 is 11.7. The maximum absolute atomic E-state index is 11.6. The van der Waals surface area contributed by atoms with E-state index in [1.165, 1.54) is 10.5 Å². The third-order valence-electron chi connectivity index (χ3n) is 4.09. The van der Waals surface area contributed by atoms with Crippen LogP contribution in [0.25, 0.3) is 0 Å². The molecule has 0 spiro atoms. The molecule has 134 valence electrons. The Morgan fingerprint density at radius 2 is 2.25 bits per heavy atom. The first kappa shape index (κ1) is 18.8. The maximum atomic E-state index is 11.6. The number of likely N-dealkylation sites (N-methyl/N-ethyl adjacent to an activating group) is 1. The van der Waals surface area contributed by atoms with Crippen molar-refractivity contribution in [3.8, 4) is 0 Å². The monoisotopic (exact) mass is 335 g/mol. The molecule has 0 aromatic carbocycles. The number of ether oxygens (including phenoxy) is 2. The molecular formula is C18H29N3O3. The first-order valence-electron chi connectivity index (χ1n) is 8.35. The Hall–Kier alpha value is -1.50. The van der Waals surface area contributed by atoms with Crippen LogP contribution in [-0.2, 0) is 20.8 Å². The van der Waals surface area contributed by atoms with E-state index in [0.29, 0.717) is 6.61 Å². The average molecular weight is 335 g/mol. The summed E-state index contributed by atoms with van der Waals surface area (Å²) in [5, 5.41) is 0. The number of carbonyl (C=O) groups excluding carboxylic acids is 1. The number of morpholine rings is 1. The van der Waals surface area contributed by atoms with Gasteiger partial charge in [-0.05, 0) is 32.4 Å². The van der Waals surface area contributed by atoms with E-state index in [1.807, 2.05) is 19.2 Å². The van der Waals surface area contributed by atoms with Gasteiger partial charge in [0.1, 0.15) is 6.61 Å². The van der Waals surface area contributed by atoms with Gasteiger partial charge >= 0.3 is 0 Å². The SMILES string of the molecule is Cc1ncccc1CN1C[C@H](COCC(=O)N(C)C)OC(C)(C)C1. The predicted octanol–water partition coefficient (Wildman–Crippen LogP) is 1.47. The van der Waals surface area contributed by atoms with Gasteiger partial charge < -0.3 is 14.4 Å². The average Bonchev–Trinajstić information content (AvgIpc) is 2.48. The van der Waals surface area contributed by atoms with E-state index >= 15 is 0 Å². The quantitative estimate of drug-likeness (QED) is 0.788. The smallest absolute Gasteiger partial charge is 0.248 e. The lowest BCUT2D eigenvalue weighted by atomic mass is 10.0. The molecule has 1 aromatic heterocycles. The number of carbonyl (C=O) groups is 1. The molecular weight excluding hydrogens is 306 g/mol. The van der Waals surface area contributed by atoms with Crippen LogP contribution < -0.4 is 0 Å². The third kappa shape index (κ3) is 5.54. The fraction of sp³-hybridized carbons (Fsp3) is 0.667. The van der Waals surface area contributed by atoms with Crippen molar-refractivity contribution in [1.29, 1.82) is 0 Å². The fourth-order valence-corrected chi connectivity index (χ4v) is 2.96. The summed E-state index contributed by atoms with van der Waals surface area (Å²) >= 11 is 0. The van der Waals surface area contributed by atoms with Crippen LogP contribution in [0.3, 0.4) is 0 Å². The molecule has 1 saturated heterocycles. The van der Waals surface area contributed by atoms with E-state index in [2.05, 4.69) is 29.8 Å². The molecule has 0 radical (unpaired) electrons. The number of amides is 1. The molecule has 0 aliphatic carbocycles. The number of rotatable bonds is 6. The van der Waals surface area contributed by atoms with Gasteiger partial charge in [0.2, 0.25) is 5.91 Å². The lowest BCUT2D eigenvalue weighted by Crippen LogP contribution is -2.53. The lowest BCUT2D eigenvalue weighted by molar-refractivity contribution is -0.161. The molecule has 1 aliphatic heterocycles. The Morgan fingerprint density at radius 1 is 1.50 bits per heavy atom. The van der Waals surface area contributed by atoms with Gasteiger partial charge in [-0.2, -0.15) is 0 Å². The van der Waals surface area contributed by atoms with Crippen LogP contribution in [0.1, 0.15) is 25.1 Å². The Balaban J connectivity index is 1.91. The van der Waals surface area contributed by atoms with Crippen molar-refractivity contribution in [3.05, 3.63) is 29.6 Å². The highest BCUT2D eigenvalue weighted by molar-refractivity contribution is 5.76. The third-order valence-corrected chi connectivity index (χ3v) is 4.09. The van der Waals surface area contributed by atoms with Crippen LogP contribution in [0, 0.1) is 6.92 Å². The summed E-state index contributed by atoms with van der Waals surface area (Å²) in [6, 6.07) is 4.09. The van der Waals surface area contributed by atoms with E-state index in [1.54, 1.807) is 14.1 Å². The van der Waals surface area contributed by atoms with Crippen LogP contribution in [-0.4, -0.2) is 72.8 Å². The van der Waals surface area contributed by atoms with Gasteiger partial charge in [-0.15, -0.1) is 0 Å². The molecule has 1 aliphatic rings. The van der Waals surface area contributed by atoms with Crippen molar-refractivity contribution in [2.75, 3.05) is 40.4 Å². The highest BCUT2D eigenvalue weighted by Gasteiger charge is 2.33. The zero-order valence-electron chi connectivity index (χ0n) is 15.4. The van der Waals surface area contributed by atoms with Crippen molar-refractivity contribution in [3.63, 3.8) is 0 Å². The topological polar surface area (TPSA) is 54.9 Å². The van der Waals surface area contributed by atoms with E-state index < -0.39 is 0 Å². The molecule has 2 heterocycles. The molecule has 1 amide bonds. The van der Waals surface area contributed by atoms with Gasteiger partial charge in [0.15, 0.2) is 0 Å². The van der Waals surface area contributed by atoms with Gasteiger partial charge in [-0.1, -0.05) is 6.07 Å².